The molecule has 10 bridgehead atoms. The van der Waals surface area contributed by atoms with Gasteiger partial charge in [0.15, 0.2) is 0 Å². The van der Waals surface area contributed by atoms with Gasteiger partial charge in [0.25, 0.3) is 0 Å². The maximum atomic E-state index is 12.3. The molecule has 10 rings (SSSR count). The second-order valence-corrected chi connectivity index (χ2v) is 15.1. The van der Waals surface area contributed by atoms with E-state index in [1.54, 1.807) is 0 Å². The average Bonchev–Trinajstić information content (AvgIpc) is 3.31. The molecule has 3 unspecified atom stereocenters. The van der Waals surface area contributed by atoms with Crippen LogP contribution in [0, 0.1) is 69.0 Å². The van der Waals surface area contributed by atoms with E-state index in [-0.39, 0.29) is 11.3 Å². The summed E-state index contributed by atoms with van der Waals surface area (Å²) in [7, 11) is 0. The fraction of sp³-hybridized carbons (Fsp3) is 0.900. The smallest absolute Gasteiger partial charge is 0.307 e. The predicted molar refractivity (Wildman–Crippen MR) is 125 cm³/mol. The fourth-order valence-electron chi connectivity index (χ4n) is 13.7. The lowest BCUT2D eigenvalue weighted by Crippen LogP contribution is -2.68. The van der Waals surface area contributed by atoms with Crippen LogP contribution in [0.15, 0.2) is 12.2 Å². The summed E-state index contributed by atoms with van der Waals surface area (Å²) in [5, 5.41) is 10.1. The Labute approximate surface area is 194 Å². The molecular weight excluding hydrogens is 392 g/mol. The summed E-state index contributed by atoms with van der Waals surface area (Å²) >= 11 is 0. The fourth-order valence-corrected chi connectivity index (χ4v) is 13.7. The molecule has 0 aromatic heterocycles. The molecule has 2 heteroatoms. The highest BCUT2D eigenvalue weighted by Gasteiger charge is 2.75. The van der Waals surface area contributed by atoms with Crippen LogP contribution in [0.1, 0.15) is 96.8 Å². The van der Waals surface area contributed by atoms with Gasteiger partial charge in [-0.15, -0.1) is 0 Å². The normalized spacial score (nSPS) is 60.3. The highest BCUT2D eigenvalue weighted by molar-refractivity contribution is 5.72. The highest BCUT2D eigenvalue weighted by atomic mass is 16.4. The molecule has 9 fully saturated rings. The maximum Gasteiger partial charge on any atom is 0.307 e. The number of fused-ring (bicyclic) bond motifs is 2. The van der Waals surface area contributed by atoms with Crippen LogP contribution in [0.2, 0.25) is 0 Å². The molecule has 2 nitrogen and oxygen atoms in total. The summed E-state index contributed by atoms with van der Waals surface area (Å²) in [6.07, 6.45) is 25.1. The van der Waals surface area contributed by atoms with Gasteiger partial charge in [-0.3, -0.25) is 4.79 Å². The molecule has 0 radical (unpaired) electrons. The standard InChI is InChI=1S/C30H42O2/c1-27(28-3-2-24(16-28)25(17-28)26(31)32,29-10-18-4-19(11-29)6-20(5-18)12-29)30-13-21-7-22(14-30)9-23(8-21)15-30/h2-3,18-25H,4-17H2,1H3,(H,31,32). The first-order valence-corrected chi connectivity index (χ1v) is 14.2. The molecule has 10 aliphatic carbocycles. The highest BCUT2D eigenvalue weighted by Crippen LogP contribution is 2.82. The predicted octanol–water partition coefficient (Wildman–Crippen LogP) is 7.09. The van der Waals surface area contributed by atoms with Gasteiger partial charge in [0.1, 0.15) is 0 Å². The molecular formula is C30H42O2. The van der Waals surface area contributed by atoms with Crippen LogP contribution in [-0.4, -0.2) is 11.1 Å². The van der Waals surface area contributed by atoms with Crippen LogP contribution in [0.5, 0.6) is 0 Å². The second-order valence-electron chi connectivity index (χ2n) is 15.1. The van der Waals surface area contributed by atoms with E-state index in [4.69, 9.17) is 0 Å². The van der Waals surface area contributed by atoms with E-state index in [1.807, 2.05) is 0 Å². The topological polar surface area (TPSA) is 37.3 Å². The number of hydrogen-bond donors (Lipinski definition) is 1. The third kappa shape index (κ3) is 2.14. The first-order chi connectivity index (χ1) is 15.3. The monoisotopic (exact) mass is 434 g/mol. The number of carboxylic acid groups (broad SMARTS) is 1. The first kappa shape index (κ1) is 19.5. The Bertz CT molecular complexity index is 782. The molecule has 174 valence electrons. The van der Waals surface area contributed by atoms with Gasteiger partial charge in [-0.25, -0.2) is 0 Å². The van der Waals surface area contributed by atoms with Crippen molar-refractivity contribution in [1.29, 1.82) is 0 Å². The Balaban J connectivity index is 1.32. The van der Waals surface area contributed by atoms with Crippen molar-refractivity contribution in [2.24, 2.45) is 69.0 Å². The molecule has 32 heavy (non-hydrogen) atoms. The molecule has 0 aliphatic heterocycles. The molecule has 3 atom stereocenters. The average molecular weight is 435 g/mol. The molecule has 9 saturated carbocycles. The number of allylic oxidation sites excluding steroid dienone is 2. The van der Waals surface area contributed by atoms with E-state index < -0.39 is 5.97 Å². The van der Waals surface area contributed by atoms with E-state index in [9.17, 15) is 9.90 Å². The summed E-state index contributed by atoms with van der Waals surface area (Å²) in [4.78, 5) is 12.3. The summed E-state index contributed by atoms with van der Waals surface area (Å²) < 4.78 is 0. The number of aliphatic carboxylic acids is 1. The maximum absolute atomic E-state index is 12.3. The molecule has 0 heterocycles. The zero-order valence-electron chi connectivity index (χ0n) is 20.0. The van der Waals surface area contributed by atoms with Crippen LogP contribution >= 0.6 is 0 Å². The summed E-state index contributed by atoms with van der Waals surface area (Å²) in [5.74, 6) is 5.52. The van der Waals surface area contributed by atoms with Crippen molar-refractivity contribution in [3.05, 3.63) is 12.2 Å². The molecule has 0 aromatic carbocycles. The quantitative estimate of drug-likeness (QED) is 0.479. The van der Waals surface area contributed by atoms with Crippen LogP contribution in [0.4, 0.5) is 0 Å². The Morgan fingerprint density at radius 2 is 1.12 bits per heavy atom. The third-order valence-electron chi connectivity index (χ3n) is 13.9. The minimum absolute atomic E-state index is 0.123. The SMILES string of the molecule is CC(C12C=CC(C1)C(C(=O)O)C2)(C12CC3CC(CC(C3)C1)C2)C12CC3CC(CC(C3)C1)C2. The third-order valence-corrected chi connectivity index (χ3v) is 13.9. The zero-order chi connectivity index (χ0) is 21.5. The molecule has 0 spiro atoms. The second kappa shape index (κ2) is 5.88. The minimum atomic E-state index is -0.514. The van der Waals surface area contributed by atoms with E-state index in [0.29, 0.717) is 22.2 Å². The van der Waals surface area contributed by atoms with E-state index >= 15 is 0 Å². The van der Waals surface area contributed by atoms with Gasteiger partial charge in [-0.2, -0.15) is 0 Å². The van der Waals surface area contributed by atoms with E-state index in [0.717, 1.165) is 48.3 Å². The van der Waals surface area contributed by atoms with Crippen molar-refractivity contribution >= 4 is 5.97 Å². The number of carbonyl (C=O) groups is 1. The largest absolute Gasteiger partial charge is 0.481 e. The van der Waals surface area contributed by atoms with Crippen LogP contribution in [-0.2, 0) is 4.79 Å². The Morgan fingerprint density at radius 3 is 1.47 bits per heavy atom. The lowest BCUT2D eigenvalue weighted by atomic mass is 9.29. The van der Waals surface area contributed by atoms with Crippen LogP contribution in [0.3, 0.4) is 0 Å². The minimum Gasteiger partial charge on any atom is -0.481 e. The lowest BCUT2D eigenvalue weighted by molar-refractivity contribution is -0.260. The van der Waals surface area contributed by atoms with Gasteiger partial charge >= 0.3 is 5.97 Å². The molecule has 10 aliphatic rings. The molecule has 1 N–H and O–H groups in total. The van der Waals surface area contributed by atoms with Gasteiger partial charge in [-0.05, 0) is 153 Å². The number of carboxylic acids is 1. The van der Waals surface area contributed by atoms with Crippen molar-refractivity contribution in [2.45, 2.75) is 96.8 Å². The Kier molecular flexibility index (Phi) is 3.58. The van der Waals surface area contributed by atoms with Crippen molar-refractivity contribution in [1.82, 2.24) is 0 Å². The van der Waals surface area contributed by atoms with Gasteiger partial charge in [0.05, 0.1) is 5.92 Å². The Hall–Kier alpha value is -0.790. The van der Waals surface area contributed by atoms with Crippen molar-refractivity contribution in [2.75, 3.05) is 0 Å². The van der Waals surface area contributed by atoms with Crippen molar-refractivity contribution < 1.29 is 9.90 Å². The van der Waals surface area contributed by atoms with E-state index in [2.05, 4.69) is 19.1 Å². The molecule has 0 aromatic rings. The van der Waals surface area contributed by atoms with Gasteiger partial charge in [0, 0.05) is 0 Å². The summed E-state index contributed by atoms with van der Waals surface area (Å²) in [6.45, 7) is 2.81. The first-order valence-electron chi connectivity index (χ1n) is 14.2. The van der Waals surface area contributed by atoms with E-state index in [1.165, 1.54) is 77.0 Å². The number of hydrogen-bond acceptors (Lipinski definition) is 1. The summed E-state index contributed by atoms with van der Waals surface area (Å²) in [5.41, 5.74) is 1.42. The van der Waals surface area contributed by atoms with Gasteiger partial charge in [-0.1, -0.05) is 19.1 Å². The van der Waals surface area contributed by atoms with Crippen molar-refractivity contribution in [3.8, 4) is 0 Å². The van der Waals surface area contributed by atoms with Crippen LogP contribution in [0.25, 0.3) is 0 Å². The van der Waals surface area contributed by atoms with Gasteiger partial charge in [0.2, 0.25) is 0 Å². The Morgan fingerprint density at radius 1 is 0.719 bits per heavy atom. The molecule has 0 amide bonds. The number of rotatable bonds is 4. The van der Waals surface area contributed by atoms with Crippen molar-refractivity contribution in [3.63, 3.8) is 0 Å². The molecule has 0 saturated heterocycles. The summed E-state index contributed by atoms with van der Waals surface area (Å²) in [6, 6.07) is 0. The van der Waals surface area contributed by atoms with Crippen LogP contribution < -0.4 is 0 Å². The van der Waals surface area contributed by atoms with Gasteiger partial charge < -0.3 is 5.11 Å². The zero-order valence-corrected chi connectivity index (χ0v) is 20.0. The lowest BCUT2D eigenvalue weighted by Gasteiger charge is -2.75.